The van der Waals surface area contributed by atoms with Crippen LogP contribution in [0.3, 0.4) is 0 Å². The molecule has 1 rings (SSSR count). The molecule has 0 spiro atoms. The Bertz CT molecular complexity index is 306. The van der Waals surface area contributed by atoms with Gasteiger partial charge in [0.15, 0.2) is 0 Å². The van der Waals surface area contributed by atoms with Gasteiger partial charge in [-0.15, -0.1) is 0 Å². The molecule has 104 valence electrons. The van der Waals surface area contributed by atoms with E-state index < -0.39 is 12.0 Å². The third-order valence-corrected chi connectivity index (χ3v) is 3.15. The van der Waals surface area contributed by atoms with Crippen LogP contribution in [0.1, 0.15) is 33.1 Å². The van der Waals surface area contributed by atoms with Crippen molar-refractivity contribution in [2.24, 2.45) is 5.92 Å². The first-order valence-corrected chi connectivity index (χ1v) is 6.36. The Hall–Kier alpha value is -1.30. The third kappa shape index (κ3) is 3.87. The van der Waals surface area contributed by atoms with Crippen molar-refractivity contribution >= 4 is 12.0 Å². The fraction of sp³-hybridized carbons (Fsp3) is 0.833. The highest BCUT2D eigenvalue weighted by atomic mass is 16.4. The lowest BCUT2D eigenvalue weighted by atomic mass is 10.0. The summed E-state index contributed by atoms with van der Waals surface area (Å²) >= 11 is 0. The standard InChI is InChI=1S/C12H22N2O4/c1-8(2)6-10(11(16)17)13-12(18)14-5-3-4-9(14)7-15/h8-10,15H,3-7H2,1-2H3,(H,13,18)(H,16,17)/t9?,10-/m0/s1. The van der Waals surface area contributed by atoms with Gasteiger partial charge in [-0.2, -0.15) is 0 Å². The van der Waals surface area contributed by atoms with Crippen LogP contribution in [0.25, 0.3) is 0 Å². The van der Waals surface area contributed by atoms with Crippen LogP contribution >= 0.6 is 0 Å². The Balaban J connectivity index is 2.58. The second kappa shape index (κ2) is 6.58. The maximum absolute atomic E-state index is 12.0. The molecule has 18 heavy (non-hydrogen) atoms. The van der Waals surface area contributed by atoms with Crippen LogP contribution in [0.4, 0.5) is 4.79 Å². The van der Waals surface area contributed by atoms with Gasteiger partial charge in [-0.25, -0.2) is 9.59 Å². The Labute approximate surface area is 107 Å². The number of likely N-dealkylation sites (tertiary alicyclic amines) is 1. The van der Waals surface area contributed by atoms with Crippen molar-refractivity contribution in [1.82, 2.24) is 10.2 Å². The lowest BCUT2D eigenvalue weighted by Crippen LogP contribution is -2.50. The van der Waals surface area contributed by atoms with Crippen LogP contribution < -0.4 is 5.32 Å². The second-order valence-corrected chi connectivity index (χ2v) is 5.14. The quantitative estimate of drug-likeness (QED) is 0.675. The number of carboxylic acids is 1. The van der Waals surface area contributed by atoms with Gasteiger partial charge in [-0.1, -0.05) is 13.8 Å². The molecule has 0 aromatic carbocycles. The number of nitrogens with zero attached hydrogens (tertiary/aromatic N) is 1. The molecule has 6 heteroatoms. The normalized spacial score (nSPS) is 21.1. The predicted molar refractivity (Wildman–Crippen MR) is 66.2 cm³/mol. The fourth-order valence-corrected chi connectivity index (χ4v) is 2.22. The van der Waals surface area contributed by atoms with Gasteiger partial charge in [0.25, 0.3) is 0 Å². The molecule has 1 aliphatic rings. The average Bonchev–Trinajstić information content (AvgIpc) is 2.75. The number of carboxylic acid groups (broad SMARTS) is 1. The van der Waals surface area contributed by atoms with Gasteiger partial charge in [-0.3, -0.25) is 0 Å². The molecular weight excluding hydrogens is 236 g/mol. The molecule has 0 radical (unpaired) electrons. The van der Waals surface area contributed by atoms with Gasteiger partial charge in [0.05, 0.1) is 12.6 Å². The Morgan fingerprint density at radius 2 is 2.11 bits per heavy atom. The summed E-state index contributed by atoms with van der Waals surface area (Å²) in [7, 11) is 0. The van der Waals surface area contributed by atoms with E-state index >= 15 is 0 Å². The van der Waals surface area contributed by atoms with E-state index in [9.17, 15) is 9.59 Å². The molecule has 2 amide bonds. The van der Waals surface area contributed by atoms with Crippen molar-refractivity contribution in [3.63, 3.8) is 0 Å². The van der Waals surface area contributed by atoms with Crippen molar-refractivity contribution in [3.05, 3.63) is 0 Å². The molecule has 0 aromatic rings. The van der Waals surface area contributed by atoms with Gasteiger partial charge >= 0.3 is 12.0 Å². The Morgan fingerprint density at radius 1 is 1.44 bits per heavy atom. The molecule has 0 saturated carbocycles. The highest BCUT2D eigenvalue weighted by Crippen LogP contribution is 2.17. The van der Waals surface area contributed by atoms with Gasteiger partial charge in [0.2, 0.25) is 0 Å². The van der Waals surface area contributed by atoms with E-state index in [1.807, 2.05) is 13.8 Å². The highest BCUT2D eigenvalue weighted by Gasteiger charge is 2.30. The number of carbonyl (C=O) groups excluding carboxylic acids is 1. The molecule has 1 saturated heterocycles. The van der Waals surface area contributed by atoms with Gasteiger partial charge in [0.1, 0.15) is 6.04 Å². The first kappa shape index (κ1) is 14.8. The van der Waals surface area contributed by atoms with Crippen LogP contribution in [-0.4, -0.2) is 52.3 Å². The maximum atomic E-state index is 12.0. The summed E-state index contributed by atoms with van der Waals surface area (Å²) < 4.78 is 0. The lowest BCUT2D eigenvalue weighted by molar-refractivity contribution is -0.139. The minimum absolute atomic E-state index is 0.0741. The molecule has 6 nitrogen and oxygen atoms in total. The van der Waals surface area contributed by atoms with E-state index in [1.54, 1.807) is 0 Å². The average molecular weight is 258 g/mol. The SMILES string of the molecule is CC(C)C[C@H](NC(=O)N1CCCC1CO)C(=O)O. The van der Waals surface area contributed by atoms with Crippen molar-refractivity contribution in [2.75, 3.05) is 13.2 Å². The summed E-state index contributed by atoms with van der Waals surface area (Å²) in [4.78, 5) is 24.5. The molecule has 1 heterocycles. The number of rotatable bonds is 5. The molecule has 0 aromatic heterocycles. The Morgan fingerprint density at radius 3 is 2.61 bits per heavy atom. The molecule has 0 bridgehead atoms. The summed E-state index contributed by atoms with van der Waals surface area (Å²) in [6, 6.07) is -1.43. The molecule has 1 fully saturated rings. The van der Waals surface area contributed by atoms with E-state index in [-0.39, 0.29) is 24.6 Å². The number of aliphatic hydroxyl groups excluding tert-OH is 1. The lowest BCUT2D eigenvalue weighted by Gasteiger charge is -2.26. The van der Waals surface area contributed by atoms with Crippen LogP contribution in [0.15, 0.2) is 0 Å². The van der Waals surface area contributed by atoms with Crippen molar-refractivity contribution in [1.29, 1.82) is 0 Å². The van der Waals surface area contributed by atoms with Crippen LogP contribution in [0.5, 0.6) is 0 Å². The van der Waals surface area contributed by atoms with Crippen molar-refractivity contribution in [3.8, 4) is 0 Å². The minimum Gasteiger partial charge on any atom is -0.480 e. The zero-order valence-electron chi connectivity index (χ0n) is 10.9. The number of nitrogens with one attached hydrogen (secondary N) is 1. The smallest absolute Gasteiger partial charge is 0.326 e. The maximum Gasteiger partial charge on any atom is 0.326 e. The number of aliphatic carboxylic acids is 1. The largest absolute Gasteiger partial charge is 0.480 e. The summed E-state index contributed by atoms with van der Waals surface area (Å²) in [5, 5.41) is 20.7. The number of carbonyl (C=O) groups is 2. The van der Waals surface area contributed by atoms with E-state index in [1.165, 1.54) is 4.90 Å². The topological polar surface area (TPSA) is 89.9 Å². The fourth-order valence-electron chi connectivity index (χ4n) is 2.22. The van der Waals surface area contributed by atoms with Crippen LogP contribution in [-0.2, 0) is 4.79 Å². The van der Waals surface area contributed by atoms with Crippen molar-refractivity contribution < 1.29 is 19.8 Å². The minimum atomic E-state index is -1.02. The molecule has 2 atom stereocenters. The first-order valence-electron chi connectivity index (χ1n) is 6.36. The molecule has 1 aliphatic heterocycles. The number of hydrogen-bond donors (Lipinski definition) is 3. The van der Waals surface area contributed by atoms with Crippen LogP contribution in [0, 0.1) is 5.92 Å². The highest BCUT2D eigenvalue weighted by molar-refractivity contribution is 5.82. The zero-order chi connectivity index (χ0) is 13.7. The molecule has 0 aliphatic carbocycles. The van der Waals surface area contributed by atoms with Crippen LogP contribution in [0.2, 0.25) is 0 Å². The van der Waals surface area contributed by atoms with E-state index in [4.69, 9.17) is 10.2 Å². The van der Waals surface area contributed by atoms with E-state index in [2.05, 4.69) is 5.32 Å². The number of urea groups is 1. The summed E-state index contributed by atoms with van der Waals surface area (Å²) in [5.41, 5.74) is 0. The van der Waals surface area contributed by atoms with Gasteiger partial charge in [-0.05, 0) is 25.2 Å². The van der Waals surface area contributed by atoms with E-state index in [0.717, 1.165) is 12.8 Å². The Kier molecular flexibility index (Phi) is 5.40. The summed E-state index contributed by atoms with van der Waals surface area (Å²) in [5.74, 6) is -0.824. The number of hydrogen-bond acceptors (Lipinski definition) is 3. The molecule has 3 N–H and O–H groups in total. The summed E-state index contributed by atoms with van der Waals surface area (Å²) in [6.07, 6.45) is 2.02. The second-order valence-electron chi connectivity index (χ2n) is 5.14. The predicted octanol–water partition coefficient (Wildman–Crippen LogP) is 0.652. The van der Waals surface area contributed by atoms with Gasteiger partial charge in [0, 0.05) is 6.54 Å². The number of aliphatic hydroxyl groups is 1. The molecular formula is C12H22N2O4. The van der Waals surface area contributed by atoms with E-state index in [0.29, 0.717) is 13.0 Å². The first-order chi connectivity index (χ1) is 8.45. The van der Waals surface area contributed by atoms with Crippen molar-refractivity contribution in [2.45, 2.75) is 45.2 Å². The van der Waals surface area contributed by atoms with Gasteiger partial charge < -0.3 is 20.4 Å². The summed E-state index contributed by atoms with van der Waals surface area (Å²) in [6.45, 7) is 4.32. The zero-order valence-corrected chi connectivity index (χ0v) is 10.9. The third-order valence-electron chi connectivity index (χ3n) is 3.15. The number of amides is 2. The monoisotopic (exact) mass is 258 g/mol. The molecule has 1 unspecified atom stereocenters.